The maximum absolute atomic E-state index is 11.9. The van der Waals surface area contributed by atoms with Crippen LogP contribution in [0.2, 0.25) is 0 Å². The van der Waals surface area contributed by atoms with Crippen molar-refractivity contribution in [3.05, 3.63) is 108 Å². The molecule has 0 bridgehead atoms. The molecule has 0 heterocycles. The summed E-state index contributed by atoms with van der Waals surface area (Å²) in [7, 11) is 0. The van der Waals surface area contributed by atoms with Gasteiger partial charge in [0.2, 0.25) is 0 Å². The van der Waals surface area contributed by atoms with Crippen LogP contribution >= 0.6 is 0 Å². The van der Waals surface area contributed by atoms with Gasteiger partial charge >= 0.3 is 5.97 Å². The summed E-state index contributed by atoms with van der Waals surface area (Å²) < 4.78 is 51.3. The van der Waals surface area contributed by atoms with E-state index < -0.39 is 5.60 Å². The molecule has 0 atom stereocenters. The van der Waals surface area contributed by atoms with Gasteiger partial charge in [0, 0.05) is 6.42 Å². The summed E-state index contributed by atoms with van der Waals surface area (Å²) in [6.07, 6.45) is 17.3. The molecule has 10 heteroatoms. The first-order chi connectivity index (χ1) is 30.3. The summed E-state index contributed by atoms with van der Waals surface area (Å²) in [5, 5.41) is 0. The SMILES string of the molecule is CCCCCCCCCCCCCCCC(=O)OCCOCCOCCOCCOCCOCCOCCOCCOC(c1ccccc1)(c1ccccc1)c1ccccc1. The highest BCUT2D eigenvalue weighted by Gasteiger charge is 2.37. The van der Waals surface area contributed by atoms with Crippen LogP contribution in [0.3, 0.4) is 0 Å². The summed E-state index contributed by atoms with van der Waals surface area (Å²) >= 11 is 0. The van der Waals surface area contributed by atoms with E-state index in [-0.39, 0.29) is 12.6 Å². The molecule has 0 saturated heterocycles. The van der Waals surface area contributed by atoms with Crippen LogP contribution in [0.1, 0.15) is 114 Å². The normalized spacial score (nSPS) is 11.6. The minimum atomic E-state index is -0.754. The van der Waals surface area contributed by atoms with E-state index in [1.807, 2.05) is 54.6 Å². The minimum Gasteiger partial charge on any atom is -0.463 e. The minimum absolute atomic E-state index is 0.132. The van der Waals surface area contributed by atoms with Crippen molar-refractivity contribution in [3.63, 3.8) is 0 Å². The Morgan fingerprint density at radius 3 is 0.967 bits per heavy atom. The Morgan fingerprint density at radius 1 is 0.361 bits per heavy atom. The summed E-state index contributed by atoms with van der Waals surface area (Å²) in [5.74, 6) is -0.132. The number of carbonyl (C=O) groups is 1. The van der Waals surface area contributed by atoms with E-state index in [9.17, 15) is 4.79 Å². The molecule has 342 valence electrons. The van der Waals surface area contributed by atoms with E-state index in [1.54, 1.807) is 0 Å². The second-order valence-electron chi connectivity index (χ2n) is 15.1. The fourth-order valence-electron chi connectivity index (χ4n) is 7.02. The van der Waals surface area contributed by atoms with Gasteiger partial charge in [0.15, 0.2) is 0 Å². The van der Waals surface area contributed by atoms with Gasteiger partial charge in [-0.2, -0.15) is 0 Å². The van der Waals surface area contributed by atoms with Crippen LogP contribution in [-0.2, 0) is 53.0 Å². The molecule has 0 N–H and O–H groups in total. The van der Waals surface area contributed by atoms with Crippen molar-refractivity contribution in [2.24, 2.45) is 0 Å². The van der Waals surface area contributed by atoms with Crippen molar-refractivity contribution in [3.8, 4) is 0 Å². The predicted molar refractivity (Wildman–Crippen MR) is 242 cm³/mol. The van der Waals surface area contributed by atoms with Gasteiger partial charge in [-0.05, 0) is 23.1 Å². The highest BCUT2D eigenvalue weighted by molar-refractivity contribution is 5.69. The van der Waals surface area contributed by atoms with Crippen LogP contribution < -0.4 is 0 Å². The molecule has 3 rings (SSSR count). The number of unbranched alkanes of at least 4 members (excludes halogenated alkanes) is 12. The number of hydrogen-bond acceptors (Lipinski definition) is 10. The van der Waals surface area contributed by atoms with Gasteiger partial charge < -0.3 is 42.6 Å². The zero-order chi connectivity index (χ0) is 43.0. The number of carbonyl (C=O) groups excluding carboxylic acids is 1. The maximum Gasteiger partial charge on any atom is 0.305 e. The van der Waals surface area contributed by atoms with Crippen molar-refractivity contribution in [2.75, 3.05) is 106 Å². The summed E-state index contributed by atoms with van der Waals surface area (Å²) in [4.78, 5) is 11.9. The molecule has 61 heavy (non-hydrogen) atoms. The molecule has 0 aliphatic rings. The lowest BCUT2D eigenvalue weighted by atomic mass is 9.80. The molecule has 0 aromatic heterocycles. The Hall–Kier alpha value is -3.19. The third kappa shape index (κ3) is 24.9. The van der Waals surface area contributed by atoms with Crippen molar-refractivity contribution in [1.82, 2.24) is 0 Å². The highest BCUT2D eigenvalue weighted by atomic mass is 16.6. The van der Waals surface area contributed by atoms with Gasteiger partial charge in [-0.25, -0.2) is 0 Å². The molecule has 3 aromatic rings. The number of rotatable bonds is 42. The lowest BCUT2D eigenvalue weighted by Crippen LogP contribution is -2.34. The quantitative estimate of drug-likeness (QED) is 0.0311. The van der Waals surface area contributed by atoms with Crippen molar-refractivity contribution < 1.29 is 47.4 Å². The van der Waals surface area contributed by atoms with Gasteiger partial charge in [0.1, 0.15) is 12.2 Å². The molecule has 0 amide bonds. The average Bonchev–Trinajstić information content (AvgIpc) is 3.30. The Kier molecular flexibility index (Phi) is 32.0. The van der Waals surface area contributed by atoms with Crippen LogP contribution in [0.4, 0.5) is 0 Å². The number of benzene rings is 3. The van der Waals surface area contributed by atoms with Gasteiger partial charge in [-0.1, -0.05) is 175 Å². The molecule has 3 aromatic carbocycles. The predicted octanol–water partition coefficient (Wildman–Crippen LogP) is 10.1. The van der Waals surface area contributed by atoms with Gasteiger partial charge in [-0.15, -0.1) is 0 Å². The lowest BCUT2D eigenvalue weighted by Gasteiger charge is -2.36. The fraction of sp³-hybridized carbons (Fsp3) is 0.627. The van der Waals surface area contributed by atoms with Crippen molar-refractivity contribution >= 4 is 5.97 Å². The topological polar surface area (TPSA) is 100 Å². The first kappa shape index (κ1) is 52.2. The molecule has 0 aliphatic heterocycles. The summed E-state index contributed by atoms with van der Waals surface area (Å²) in [6.45, 7) is 9.57. The fourth-order valence-corrected chi connectivity index (χ4v) is 7.02. The molecule has 10 nitrogen and oxygen atoms in total. The van der Waals surface area contributed by atoms with E-state index in [2.05, 4.69) is 43.3 Å². The van der Waals surface area contributed by atoms with Gasteiger partial charge in [-0.3, -0.25) is 4.79 Å². The molecular formula is C51H78O10. The largest absolute Gasteiger partial charge is 0.463 e. The standard InChI is InChI=1S/C51H78O10/c1-2-3-4-5-6-7-8-9-10-11-12-13-23-30-50(52)60-45-43-58-41-39-56-37-35-54-33-31-53-32-34-55-36-38-57-40-42-59-44-46-61-51(47-24-17-14-18-25-47,48-26-19-15-20-27-48)49-28-21-16-22-29-49/h14-22,24-29H,2-13,23,30-46H2,1H3. The van der Waals surface area contributed by atoms with E-state index in [0.29, 0.717) is 106 Å². The molecule has 0 aliphatic carbocycles. The van der Waals surface area contributed by atoms with Gasteiger partial charge in [0.25, 0.3) is 0 Å². The van der Waals surface area contributed by atoms with Crippen LogP contribution in [0.25, 0.3) is 0 Å². The Morgan fingerprint density at radius 2 is 0.639 bits per heavy atom. The van der Waals surface area contributed by atoms with Crippen LogP contribution in [0.15, 0.2) is 91.0 Å². The third-order valence-corrected chi connectivity index (χ3v) is 10.3. The second kappa shape index (κ2) is 37.4. The zero-order valence-corrected chi connectivity index (χ0v) is 37.5. The molecule has 0 unspecified atom stereocenters. The van der Waals surface area contributed by atoms with E-state index >= 15 is 0 Å². The highest BCUT2D eigenvalue weighted by Crippen LogP contribution is 2.40. The molecular weight excluding hydrogens is 773 g/mol. The summed E-state index contributed by atoms with van der Waals surface area (Å²) in [6, 6.07) is 31.0. The van der Waals surface area contributed by atoms with Crippen LogP contribution in [-0.4, -0.2) is 112 Å². The first-order valence-electron chi connectivity index (χ1n) is 23.3. The molecule has 0 fully saturated rings. The number of esters is 1. The van der Waals surface area contributed by atoms with E-state index in [0.717, 1.165) is 29.5 Å². The third-order valence-electron chi connectivity index (χ3n) is 10.3. The Labute approximate surface area is 368 Å². The second-order valence-corrected chi connectivity index (χ2v) is 15.1. The van der Waals surface area contributed by atoms with E-state index in [1.165, 1.54) is 70.6 Å². The van der Waals surface area contributed by atoms with Crippen molar-refractivity contribution in [1.29, 1.82) is 0 Å². The zero-order valence-electron chi connectivity index (χ0n) is 37.5. The van der Waals surface area contributed by atoms with Crippen LogP contribution in [0.5, 0.6) is 0 Å². The van der Waals surface area contributed by atoms with Crippen LogP contribution in [0, 0.1) is 0 Å². The molecule has 0 spiro atoms. The number of ether oxygens (including phenoxy) is 9. The molecule has 0 radical (unpaired) electrons. The maximum atomic E-state index is 11.9. The van der Waals surface area contributed by atoms with Gasteiger partial charge in [0.05, 0.1) is 99.1 Å². The lowest BCUT2D eigenvalue weighted by molar-refractivity contribution is -0.145. The average molecular weight is 851 g/mol. The Bertz CT molecular complexity index is 1300. The van der Waals surface area contributed by atoms with Crippen molar-refractivity contribution in [2.45, 2.75) is 102 Å². The van der Waals surface area contributed by atoms with E-state index in [4.69, 9.17) is 42.6 Å². The molecule has 0 saturated carbocycles. The first-order valence-corrected chi connectivity index (χ1v) is 23.3. The number of hydrogen-bond donors (Lipinski definition) is 0. The Balaban J connectivity index is 1.02. The summed E-state index contributed by atoms with van der Waals surface area (Å²) in [5.41, 5.74) is 2.45. The smallest absolute Gasteiger partial charge is 0.305 e. The monoisotopic (exact) mass is 851 g/mol.